The second kappa shape index (κ2) is 8.08. The minimum Gasteiger partial charge on any atom is -0.378 e. The number of unbranched alkanes of at least 4 members (excludes halogenated alkanes) is 1. The largest absolute Gasteiger partial charge is 0.378 e. The van der Waals surface area contributed by atoms with Gasteiger partial charge in [-0.2, -0.15) is 0 Å². The van der Waals surface area contributed by atoms with E-state index in [1.54, 1.807) is 0 Å². The van der Waals surface area contributed by atoms with Crippen molar-refractivity contribution in [2.75, 3.05) is 13.2 Å². The van der Waals surface area contributed by atoms with Gasteiger partial charge in [0.15, 0.2) is 0 Å². The average Bonchev–Trinajstić information content (AvgIpc) is 2.75. The molecule has 1 rings (SSSR count). The van der Waals surface area contributed by atoms with E-state index in [1.807, 2.05) is 0 Å². The SMILES string of the molecule is CCNC(CCCCC1CCCO1)C(C)C. The molecule has 2 heteroatoms. The first-order valence-electron chi connectivity index (χ1n) is 7.09. The summed E-state index contributed by atoms with van der Waals surface area (Å²) in [5.41, 5.74) is 0. The van der Waals surface area contributed by atoms with Gasteiger partial charge in [0.1, 0.15) is 0 Å². The molecule has 1 saturated heterocycles. The van der Waals surface area contributed by atoms with Crippen molar-refractivity contribution in [3.8, 4) is 0 Å². The summed E-state index contributed by atoms with van der Waals surface area (Å²) < 4.78 is 5.64. The van der Waals surface area contributed by atoms with Gasteiger partial charge in [0.2, 0.25) is 0 Å². The Balaban J connectivity index is 2.03. The van der Waals surface area contributed by atoms with Gasteiger partial charge in [-0.15, -0.1) is 0 Å². The van der Waals surface area contributed by atoms with Gasteiger partial charge >= 0.3 is 0 Å². The molecule has 1 N–H and O–H groups in total. The van der Waals surface area contributed by atoms with Gasteiger partial charge < -0.3 is 10.1 Å². The van der Waals surface area contributed by atoms with E-state index in [-0.39, 0.29) is 0 Å². The highest BCUT2D eigenvalue weighted by Gasteiger charge is 2.15. The molecule has 2 unspecified atom stereocenters. The van der Waals surface area contributed by atoms with Gasteiger partial charge in [-0.25, -0.2) is 0 Å². The monoisotopic (exact) mass is 227 g/mol. The molecule has 0 bridgehead atoms. The molecule has 0 amide bonds. The van der Waals surface area contributed by atoms with Gasteiger partial charge in [-0.1, -0.05) is 33.6 Å². The predicted octanol–water partition coefficient (Wildman–Crippen LogP) is 3.36. The third-order valence-electron chi connectivity index (χ3n) is 3.59. The minimum atomic E-state index is 0.580. The third kappa shape index (κ3) is 5.31. The summed E-state index contributed by atoms with van der Waals surface area (Å²) in [7, 11) is 0. The molecule has 1 heterocycles. The number of rotatable bonds is 8. The Morgan fingerprint density at radius 3 is 2.69 bits per heavy atom. The van der Waals surface area contributed by atoms with Crippen molar-refractivity contribution in [1.82, 2.24) is 5.32 Å². The lowest BCUT2D eigenvalue weighted by Gasteiger charge is -2.21. The maximum Gasteiger partial charge on any atom is 0.0576 e. The summed E-state index contributed by atoms with van der Waals surface area (Å²) >= 11 is 0. The van der Waals surface area contributed by atoms with Crippen molar-refractivity contribution in [2.24, 2.45) is 5.92 Å². The Hall–Kier alpha value is -0.0800. The summed E-state index contributed by atoms with van der Waals surface area (Å²) in [5.74, 6) is 0.752. The van der Waals surface area contributed by atoms with Crippen LogP contribution in [0.15, 0.2) is 0 Å². The van der Waals surface area contributed by atoms with E-state index in [2.05, 4.69) is 26.1 Å². The van der Waals surface area contributed by atoms with E-state index in [0.717, 1.165) is 19.1 Å². The summed E-state index contributed by atoms with van der Waals surface area (Å²) in [6.07, 6.45) is 8.42. The van der Waals surface area contributed by atoms with Crippen LogP contribution in [0.5, 0.6) is 0 Å². The zero-order chi connectivity index (χ0) is 11.8. The molecule has 0 aromatic heterocycles. The van der Waals surface area contributed by atoms with Crippen LogP contribution in [0.25, 0.3) is 0 Å². The molecule has 2 atom stereocenters. The van der Waals surface area contributed by atoms with Crippen molar-refractivity contribution in [1.29, 1.82) is 0 Å². The topological polar surface area (TPSA) is 21.3 Å². The lowest BCUT2D eigenvalue weighted by atomic mass is 9.97. The van der Waals surface area contributed by atoms with Crippen LogP contribution >= 0.6 is 0 Å². The fraction of sp³-hybridized carbons (Fsp3) is 1.00. The summed E-state index contributed by atoms with van der Waals surface area (Å²) in [4.78, 5) is 0. The van der Waals surface area contributed by atoms with Gasteiger partial charge in [0, 0.05) is 12.6 Å². The lowest BCUT2D eigenvalue weighted by molar-refractivity contribution is 0.101. The zero-order valence-corrected chi connectivity index (χ0v) is 11.3. The molecule has 1 fully saturated rings. The maximum atomic E-state index is 5.64. The lowest BCUT2D eigenvalue weighted by Crippen LogP contribution is -2.33. The quantitative estimate of drug-likeness (QED) is 0.642. The van der Waals surface area contributed by atoms with Crippen LogP contribution in [0, 0.1) is 5.92 Å². The highest BCUT2D eigenvalue weighted by molar-refractivity contribution is 4.71. The Kier molecular flexibility index (Phi) is 7.06. The first-order valence-corrected chi connectivity index (χ1v) is 7.09. The minimum absolute atomic E-state index is 0.580. The first-order chi connectivity index (χ1) is 7.74. The summed E-state index contributed by atoms with van der Waals surface area (Å²) in [6.45, 7) is 8.91. The summed E-state index contributed by atoms with van der Waals surface area (Å²) in [6, 6.07) is 0.703. The van der Waals surface area contributed by atoms with Crippen LogP contribution in [0.2, 0.25) is 0 Å². The Morgan fingerprint density at radius 1 is 1.31 bits per heavy atom. The molecule has 0 aromatic rings. The van der Waals surface area contributed by atoms with E-state index in [0.29, 0.717) is 12.1 Å². The fourth-order valence-corrected chi connectivity index (χ4v) is 2.54. The van der Waals surface area contributed by atoms with Crippen LogP contribution in [-0.2, 0) is 4.74 Å². The number of hydrogen-bond acceptors (Lipinski definition) is 2. The second-order valence-electron chi connectivity index (χ2n) is 5.33. The van der Waals surface area contributed by atoms with Crippen LogP contribution < -0.4 is 5.32 Å². The molecule has 16 heavy (non-hydrogen) atoms. The van der Waals surface area contributed by atoms with E-state index < -0.39 is 0 Å². The third-order valence-corrected chi connectivity index (χ3v) is 3.59. The van der Waals surface area contributed by atoms with Crippen LogP contribution in [0.1, 0.15) is 59.3 Å². The predicted molar refractivity (Wildman–Crippen MR) is 69.7 cm³/mol. The number of ether oxygens (including phenoxy) is 1. The van der Waals surface area contributed by atoms with Crippen LogP contribution in [0.3, 0.4) is 0 Å². The molecule has 0 aromatic carbocycles. The Bertz CT molecular complexity index is 164. The van der Waals surface area contributed by atoms with E-state index in [4.69, 9.17) is 4.74 Å². The molecule has 96 valence electrons. The van der Waals surface area contributed by atoms with E-state index in [1.165, 1.54) is 38.5 Å². The van der Waals surface area contributed by atoms with Crippen LogP contribution in [-0.4, -0.2) is 25.3 Å². The molecule has 1 aliphatic heterocycles. The molecule has 0 saturated carbocycles. The fourth-order valence-electron chi connectivity index (χ4n) is 2.54. The molecule has 0 radical (unpaired) electrons. The molecular weight excluding hydrogens is 198 g/mol. The van der Waals surface area contributed by atoms with Gasteiger partial charge in [-0.3, -0.25) is 0 Å². The van der Waals surface area contributed by atoms with Crippen molar-refractivity contribution in [3.63, 3.8) is 0 Å². The summed E-state index contributed by atoms with van der Waals surface area (Å²) in [5, 5.41) is 3.58. The molecule has 0 spiro atoms. The second-order valence-corrected chi connectivity index (χ2v) is 5.33. The molecule has 1 aliphatic rings. The normalized spacial score (nSPS) is 22.9. The number of nitrogens with one attached hydrogen (secondary N) is 1. The molecular formula is C14H29NO. The zero-order valence-electron chi connectivity index (χ0n) is 11.3. The van der Waals surface area contributed by atoms with Crippen molar-refractivity contribution >= 4 is 0 Å². The van der Waals surface area contributed by atoms with Gasteiger partial charge in [0.05, 0.1) is 6.10 Å². The molecule has 2 nitrogen and oxygen atoms in total. The average molecular weight is 227 g/mol. The van der Waals surface area contributed by atoms with E-state index in [9.17, 15) is 0 Å². The standard InChI is InChI=1S/C14H29NO/c1-4-15-14(12(2)3)10-6-5-8-13-9-7-11-16-13/h12-15H,4-11H2,1-3H3. The number of hydrogen-bond donors (Lipinski definition) is 1. The highest BCUT2D eigenvalue weighted by atomic mass is 16.5. The van der Waals surface area contributed by atoms with Crippen LogP contribution in [0.4, 0.5) is 0 Å². The van der Waals surface area contributed by atoms with Gasteiger partial charge in [-0.05, 0) is 38.1 Å². The van der Waals surface area contributed by atoms with Gasteiger partial charge in [0.25, 0.3) is 0 Å². The van der Waals surface area contributed by atoms with Crippen molar-refractivity contribution in [3.05, 3.63) is 0 Å². The van der Waals surface area contributed by atoms with Crippen molar-refractivity contribution < 1.29 is 4.74 Å². The Labute approximate surface area is 101 Å². The highest BCUT2D eigenvalue weighted by Crippen LogP contribution is 2.19. The van der Waals surface area contributed by atoms with Crippen molar-refractivity contribution in [2.45, 2.75) is 71.4 Å². The Morgan fingerprint density at radius 2 is 2.12 bits per heavy atom. The molecule has 0 aliphatic carbocycles. The smallest absolute Gasteiger partial charge is 0.0576 e. The van der Waals surface area contributed by atoms with E-state index >= 15 is 0 Å². The maximum absolute atomic E-state index is 5.64. The first kappa shape index (κ1) is 14.0.